The highest BCUT2D eigenvalue weighted by Gasteiger charge is 2.20. The molecular weight excluding hydrogens is 234 g/mol. The first-order valence-corrected chi connectivity index (χ1v) is 6.41. The molecule has 0 N–H and O–H groups in total. The third kappa shape index (κ3) is 2.04. The molecule has 0 amide bonds. The highest BCUT2D eigenvalue weighted by Crippen LogP contribution is 2.25. The number of ketones is 1. The largest absolute Gasteiger partial charge is 0.289 e. The zero-order valence-corrected chi connectivity index (χ0v) is 10.5. The minimum absolute atomic E-state index is 0.0860. The average molecular weight is 247 g/mol. The maximum atomic E-state index is 12.6. The predicted octanol–water partition coefficient (Wildman–Crippen LogP) is 3.08. The van der Waals surface area contributed by atoms with Crippen molar-refractivity contribution in [3.05, 3.63) is 70.3 Å². The van der Waals surface area contributed by atoms with Gasteiger partial charge in [-0.25, -0.2) is 0 Å². The molecule has 0 aromatic heterocycles. The van der Waals surface area contributed by atoms with Crippen LogP contribution >= 0.6 is 0 Å². The minimum atomic E-state index is 0.0860. The third-order valence-electron chi connectivity index (χ3n) is 3.63. The second-order valence-electron chi connectivity index (χ2n) is 4.81. The van der Waals surface area contributed by atoms with Gasteiger partial charge in [-0.15, -0.1) is 0 Å². The van der Waals surface area contributed by atoms with Crippen LogP contribution in [0.25, 0.3) is 0 Å². The lowest BCUT2D eigenvalue weighted by atomic mass is 9.96. The molecule has 1 aliphatic rings. The third-order valence-corrected chi connectivity index (χ3v) is 3.63. The summed E-state index contributed by atoms with van der Waals surface area (Å²) in [4.78, 5) is 12.6. The summed E-state index contributed by atoms with van der Waals surface area (Å²) < 4.78 is 0. The fraction of sp³-hybridized carbons (Fsp3) is 0.176. The number of carbonyl (C=O) groups is 1. The van der Waals surface area contributed by atoms with Crippen LogP contribution in [0.5, 0.6) is 0 Å². The molecule has 2 aromatic rings. The van der Waals surface area contributed by atoms with Crippen LogP contribution in [0.1, 0.15) is 32.6 Å². The summed E-state index contributed by atoms with van der Waals surface area (Å²) in [5, 5.41) is 8.77. The lowest BCUT2D eigenvalue weighted by Crippen LogP contribution is -2.04. The van der Waals surface area contributed by atoms with Crippen molar-refractivity contribution in [1.29, 1.82) is 5.26 Å². The van der Waals surface area contributed by atoms with E-state index in [2.05, 4.69) is 6.07 Å². The molecule has 0 unspecified atom stereocenters. The number of aryl methyl sites for hydroxylation is 2. The fourth-order valence-electron chi connectivity index (χ4n) is 2.63. The number of carbonyl (C=O) groups excluding carboxylic acids is 1. The lowest BCUT2D eigenvalue weighted by Gasteiger charge is -2.06. The van der Waals surface area contributed by atoms with Gasteiger partial charge >= 0.3 is 0 Å². The van der Waals surface area contributed by atoms with Crippen molar-refractivity contribution in [3.8, 4) is 6.07 Å². The van der Waals surface area contributed by atoms with Crippen molar-refractivity contribution in [3.63, 3.8) is 0 Å². The van der Waals surface area contributed by atoms with Gasteiger partial charge in [0.1, 0.15) is 0 Å². The van der Waals surface area contributed by atoms with Crippen molar-refractivity contribution in [2.75, 3.05) is 0 Å². The Morgan fingerprint density at radius 3 is 2.53 bits per heavy atom. The number of hydrogen-bond donors (Lipinski definition) is 0. The first-order chi connectivity index (χ1) is 9.29. The summed E-state index contributed by atoms with van der Waals surface area (Å²) in [7, 11) is 0. The molecule has 0 saturated heterocycles. The molecule has 0 spiro atoms. The van der Waals surface area contributed by atoms with Gasteiger partial charge in [0, 0.05) is 11.1 Å². The maximum Gasteiger partial charge on any atom is 0.193 e. The van der Waals surface area contributed by atoms with E-state index in [9.17, 15) is 4.79 Å². The lowest BCUT2D eigenvalue weighted by molar-refractivity contribution is 0.103. The molecule has 2 nitrogen and oxygen atoms in total. The number of benzene rings is 2. The summed E-state index contributed by atoms with van der Waals surface area (Å²) in [5.74, 6) is 0.0860. The van der Waals surface area contributed by atoms with Gasteiger partial charge in [-0.3, -0.25) is 4.79 Å². The van der Waals surface area contributed by atoms with Crippen LogP contribution in [0, 0.1) is 11.3 Å². The molecule has 0 radical (unpaired) electrons. The Kier molecular flexibility index (Phi) is 2.89. The van der Waals surface area contributed by atoms with Gasteiger partial charge in [0.05, 0.1) is 12.5 Å². The smallest absolute Gasteiger partial charge is 0.193 e. The van der Waals surface area contributed by atoms with Crippen LogP contribution < -0.4 is 0 Å². The molecule has 0 saturated carbocycles. The van der Waals surface area contributed by atoms with Crippen LogP contribution in [0.2, 0.25) is 0 Å². The van der Waals surface area contributed by atoms with E-state index in [0.29, 0.717) is 6.42 Å². The van der Waals surface area contributed by atoms with Crippen molar-refractivity contribution in [2.45, 2.75) is 19.3 Å². The van der Waals surface area contributed by atoms with E-state index in [4.69, 9.17) is 5.26 Å². The summed E-state index contributed by atoms with van der Waals surface area (Å²) >= 11 is 0. The molecule has 19 heavy (non-hydrogen) atoms. The van der Waals surface area contributed by atoms with Crippen molar-refractivity contribution >= 4 is 5.78 Å². The predicted molar refractivity (Wildman–Crippen MR) is 73.0 cm³/mol. The molecule has 0 fully saturated rings. The summed E-state index contributed by atoms with van der Waals surface area (Å²) in [6, 6.07) is 15.7. The number of nitrogens with zero attached hydrogens (tertiary/aromatic N) is 1. The van der Waals surface area contributed by atoms with Crippen molar-refractivity contribution in [1.82, 2.24) is 0 Å². The van der Waals surface area contributed by atoms with Gasteiger partial charge in [-0.05, 0) is 35.6 Å². The first-order valence-electron chi connectivity index (χ1n) is 6.41. The van der Waals surface area contributed by atoms with Gasteiger partial charge in [0.25, 0.3) is 0 Å². The second-order valence-corrected chi connectivity index (χ2v) is 4.81. The molecule has 0 bridgehead atoms. The van der Waals surface area contributed by atoms with Crippen LogP contribution in [0.15, 0.2) is 42.5 Å². The van der Waals surface area contributed by atoms with Gasteiger partial charge in [0.15, 0.2) is 5.78 Å². The zero-order valence-electron chi connectivity index (χ0n) is 10.5. The van der Waals surface area contributed by atoms with Gasteiger partial charge < -0.3 is 0 Å². The Balaban J connectivity index is 2.13. The molecule has 2 heteroatoms. The van der Waals surface area contributed by atoms with Crippen LogP contribution in [-0.4, -0.2) is 5.78 Å². The van der Waals surface area contributed by atoms with Crippen LogP contribution in [0.3, 0.4) is 0 Å². The van der Waals surface area contributed by atoms with E-state index in [0.717, 1.165) is 40.7 Å². The van der Waals surface area contributed by atoms with Gasteiger partial charge in [0.2, 0.25) is 0 Å². The molecule has 2 aromatic carbocycles. The zero-order chi connectivity index (χ0) is 13.2. The number of rotatable bonds is 1. The molecule has 0 atom stereocenters. The highest BCUT2D eigenvalue weighted by atomic mass is 16.1. The van der Waals surface area contributed by atoms with E-state index < -0.39 is 0 Å². The Labute approximate surface area is 112 Å². The summed E-state index contributed by atoms with van der Waals surface area (Å²) in [6.45, 7) is 0. The van der Waals surface area contributed by atoms with E-state index in [1.807, 2.05) is 42.5 Å². The molecule has 92 valence electrons. The standard InChI is InChI=1S/C17H13NO/c18-10-9-12-5-6-14-8-7-13-3-1-2-4-15(13)17(19)16(14)11-12/h1-6,11H,7-9H2. The monoisotopic (exact) mass is 247 g/mol. The normalized spacial score (nSPS) is 13.1. The Hall–Kier alpha value is -2.40. The first kappa shape index (κ1) is 11.7. The summed E-state index contributed by atoms with van der Waals surface area (Å²) in [6.07, 6.45) is 2.12. The molecule has 0 heterocycles. The van der Waals surface area contributed by atoms with E-state index in [1.54, 1.807) is 0 Å². The quantitative estimate of drug-likeness (QED) is 0.777. The molecular formula is C17H13NO. The van der Waals surface area contributed by atoms with Crippen molar-refractivity contribution in [2.24, 2.45) is 0 Å². The topological polar surface area (TPSA) is 40.9 Å². The minimum Gasteiger partial charge on any atom is -0.289 e. The summed E-state index contributed by atoms with van der Waals surface area (Å²) in [5.41, 5.74) is 4.68. The molecule has 1 aliphatic carbocycles. The van der Waals surface area contributed by atoms with E-state index in [-0.39, 0.29) is 5.78 Å². The fourth-order valence-corrected chi connectivity index (χ4v) is 2.63. The van der Waals surface area contributed by atoms with E-state index in [1.165, 1.54) is 0 Å². The number of fused-ring (bicyclic) bond motifs is 2. The van der Waals surface area contributed by atoms with E-state index >= 15 is 0 Å². The van der Waals surface area contributed by atoms with Gasteiger partial charge in [-0.1, -0.05) is 36.4 Å². The highest BCUT2D eigenvalue weighted by molar-refractivity contribution is 6.11. The van der Waals surface area contributed by atoms with Gasteiger partial charge in [-0.2, -0.15) is 5.26 Å². The van der Waals surface area contributed by atoms with Crippen molar-refractivity contribution < 1.29 is 4.79 Å². The Morgan fingerprint density at radius 2 is 1.74 bits per heavy atom. The SMILES string of the molecule is N#CCc1ccc2c(c1)C(=O)c1ccccc1CC2. The molecule has 0 aliphatic heterocycles. The molecule has 3 rings (SSSR count). The number of nitriles is 1. The van der Waals surface area contributed by atoms with Crippen LogP contribution in [-0.2, 0) is 19.3 Å². The Morgan fingerprint density at radius 1 is 1.00 bits per heavy atom. The maximum absolute atomic E-state index is 12.6. The Bertz CT molecular complexity index is 695. The average Bonchev–Trinajstić information content (AvgIpc) is 2.58. The van der Waals surface area contributed by atoms with Crippen LogP contribution in [0.4, 0.5) is 0 Å². The number of hydrogen-bond acceptors (Lipinski definition) is 2. The second kappa shape index (κ2) is 4.70.